The molecule has 1 heterocycles. The molecule has 0 saturated heterocycles. The fraction of sp³-hybridized carbons (Fsp3) is 0.250. The number of hydrogen-bond donors (Lipinski definition) is 1. The Labute approximate surface area is 142 Å². The number of carbonyl (C=O) groups excluding carboxylic acids is 1. The average molecular weight is 323 g/mol. The van der Waals surface area contributed by atoms with Gasteiger partial charge in [0, 0.05) is 12.5 Å². The van der Waals surface area contributed by atoms with E-state index in [1.165, 1.54) is 0 Å². The summed E-state index contributed by atoms with van der Waals surface area (Å²) >= 11 is 0. The second kappa shape index (κ2) is 7.68. The lowest BCUT2D eigenvalue weighted by Gasteiger charge is -2.12. The van der Waals surface area contributed by atoms with Gasteiger partial charge in [0.1, 0.15) is 0 Å². The minimum absolute atomic E-state index is 0.0351. The first-order chi connectivity index (χ1) is 11.7. The minimum atomic E-state index is -0.126. The van der Waals surface area contributed by atoms with Gasteiger partial charge in [-0.15, -0.1) is 0 Å². The fourth-order valence-corrected chi connectivity index (χ4v) is 2.54. The summed E-state index contributed by atoms with van der Waals surface area (Å²) in [5.74, 6) is 1.36. The van der Waals surface area contributed by atoms with Gasteiger partial charge in [-0.25, -0.2) is 0 Å². The van der Waals surface area contributed by atoms with Gasteiger partial charge in [-0.05, 0) is 36.3 Å². The van der Waals surface area contributed by atoms with Crippen molar-refractivity contribution in [3.05, 3.63) is 65.7 Å². The Hall–Kier alpha value is -2.75. The van der Waals surface area contributed by atoms with E-state index in [2.05, 4.69) is 5.32 Å². The molecule has 2 aromatic rings. The van der Waals surface area contributed by atoms with Gasteiger partial charge >= 0.3 is 0 Å². The van der Waals surface area contributed by atoms with Gasteiger partial charge in [-0.2, -0.15) is 0 Å². The SMILES string of the molecule is C[C@H](NC(=O)/C=C/c1ccc2c(c1)OCCCO2)c1ccccc1. The van der Waals surface area contributed by atoms with Crippen molar-refractivity contribution in [1.82, 2.24) is 5.32 Å². The monoisotopic (exact) mass is 323 g/mol. The quantitative estimate of drug-likeness (QED) is 0.872. The van der Waals surface area contributed by atoms with Crippen molar-refractivity contribution >= 4 is 12.0 Å². The lowest BCUT2D eigenvalue weighted by molar-refractivity contribution is -0.117. The highest BCUT2D eigenvalue weighted by molar-refractivity contribution is 5.92. The van der Waals surface area contributed by atoms with Crippen molar-refractivity contribution in [3.63, 3.8) is 0 Å². The Morgan fingerprint density at radius 1 is 1.08 bits per heavy atom. The number of fused-ring (bicyclic) bond motifs is 1. The molecule has 0 unspecified atom stereocenters. The van der Waals surface area contributed by atoms with Crippen LogP contribution in [-0.4, -0.2) is 19.1 Å². The molecular formula is C20H21NO3. The van der Waals surface area contributed by atoms with Crippen molar-refractivity contribution in [2.24, 2.45) is 0 Å². The van der Waals surface area contributed by atoms with Gasteiger partial charge in [-0.3, -0.25) is 4.79 Å². The molecule has 24 heavy (non-hydrogen) atoms. The number of hydrogen-bond acceptors (Lipinski definition) is 3. The molecule has 0 aromatic heterocycles. The minimum Gasteiger partial charge on any atom is -0.490 e. The number of carbonyl (C=O) groups is 1. The summed E-state index contributed by atoms with van der Waals surface area (Å²) < 4.78 is 11.3. The zero-order valence-corrected chi connectivity index (χ0v) is 13.7. The smallest absolute Gasteiger partial charge is 0.244 e. The Bertz CT molecular complexity index is 725. The zero-order chi connectivity index (χ0) is 16.8. The number of benzene rings is 2. The van der Waals surface area contributed by atoms with E-state index in [1.807, 2.05) is 55.5 Å². The average Bonchev–Trinajstić information content (AvgIpc) is 2.85. The number of amides is 1. The highest BCUT2D eigenvalue weighted by Gasteiger charge is 2.10. The van der Waals surface area contributed by atoms with Crippen molar-refractivity contribution < 1.29 is 14.3 Å². The van der Waals surface area contributed by atoms with E-state index in [0.29, 0.717) is 13.2 Å². The summed E-state index contributed by atoms with van der Waals surface area (Å²) in [5.41, 5.74) is 1.98. The van der Waals surface area contributed by atoms with E-state index in [0.717, 1.165) is 29.0 Å². The predicted molar refractivity (Wildman–Crippen MR) is 94.1 cm³/mol. The van der Waals surface area contributed by atoms with Crippen LogP contribution >= 0.6 is 0 Å². The highest BCUT2D eigenvalue weighted by atomic mass is 16.5. The van der Waals surface area contributed by atoms with Crippen LogP contribution in [0, 0.1) is 0 Å². The van der Waals surface area contributed by atoms with Gasteiger partial charge in [0.25, 0.3) is 0 Å². The molecule has 2 aromatic carbocycles. The Morgan fingerprint density at radius 3 is 2.62 bits per heavy atom. The van der Waals surface area contributed by atoms with E-state index in [9.17, 15) is 4.79 Å². The first-order valence-electron chi connectivity index (χ1n) is 8.15. The van der Waals surface area contributed by atoms with Gasteiger partial charge in [0.2, 0.25) is 5.91 Å². The summed E-state index contributed by atoms with van der Waals surface area (Å²) in [6, 6.07) is 15.5. The first kappa shape index (κ1) is 16.1. The molecule has 0 saturated carbocycles. The highest BCUT2D eigenvalue weighted by Crippen LogP contribution is 2.30. The van der Waals surface area contributed by atoms with Gasteiger partial charge in [-0.1, -0.05) is 36.4 Å². The van der Waals surface area contributed by atoms with Crippen LogP contribution in [0.3, 0.4) is 0 Å². The summed E-state index contributed by atoms with van der Waals surface area (Å²) in [5, 5.41) is 2.96. The summed E-state index contributed by atoms with van der Waals surface area (Å²) in [6.07, 6.45) is 4.19. The van der Waals surface area contributed by atoms with E-state index < -0.39 is 0 Å². The number of nitrogens with one attached hydrogen (secondary N) is 1. The molecule has 4 heteroatoms. The van der Waals surface area contributed by atoms with Crippen molar-refractivity contribution in [1.29, 1.82) is 0 Å². The second-order valence-corrected chi connectivity index (χ2v) is 5.73. The van der Waals surface area contributed by atoms with Crippen LogP contribution in [-0.2, 0) is 4.79 Å². The Balaban J connectivity index is 1.63. The topological polar surface area (TPSA) is 47.6 Å². The lowest BCUT2D eigenvalue weighted by Crippen LogP contribution is -2.24. The van der Waals surface area contributed by atoms with Crippen LogP contribution in [0.15, 0.2) is 54.6 Å². The lowest BCUT2D eigenvalue weighted by atomic mass is 10.1. The summed E-state index contributed by atoms with van der Waals surface area (Å²) in [7, 11) is 0. The van der Waals surface area contributed by atoms with Crippen LogP contribution in [0.4, 0.5) is 0 Å². The molecular weight excluding hydrogens is 302 g/mol. The molecule has 1 atom stereocenters. The fourth-order valence-electron chi connectivity index (χ4n) is 2.54. The van der Waals surface area contributed by atoms with Gasteiger partial charge in [0.05, 0.1) is 19.3 Å². The van der Waals surface area contributed by atoms with E-state index in [-0.39, 0.29) is 11.9 Å². The van der Waals surface area contributed by atoms with Gasteiger partial charge < -0.3 is 14.8 Å². The third-order valence-electron chi connectivity index (χ3n) is 3.86. The zero-order valence-electron chi connectivity index (χ0n) is 13.7. The summed E-state index contributed by atoms with van der Waals surface area (Å²) in [4.78, 5) is 12.1. The van der Waals surface area contributed by atoms with Crippen molar-refractivity contribution in [3.8, 4) is 11.5 Å². The third-order valence-corrected chi connectivity index (χ3v) is 3.86. The standard InChI is InChI=1S/C20H21NO3/c1-15(17-6-3-2-4-7-17)21-20(22)11-9-16-8-10-18-19(14-16)24-13-5-12-23-18/h2-4,6-11,14-15H,5,12-13H2,1H3,(H,21,22)/b11-9+/t15-/m0/s1. The molecule has 1 aliphatic heterocycles. The molecule has 0 radical (unpaired) electrons. The molecule has 1 amide bonds. The maximum Gasteiger partial charge on any atom is 0.244 e. The normalized spacial score (nSPS) is 14.9. The third kappa shape index (κ3) is 4.16. The Morgan fingerprint density at radius 2 is 1.83 bits per heavy atom. The van der Waals surface area contributed by atoms with Gasteiger partial charge in [0.15, 0.2) is 11.5 Å². The second-order valence-electron chi connectivity index (χ2n) is 5.73. The van der Waals surface area contributed by atoms with Crippen LogP contribution in [0.1, 0.15) is 30.5 Å². The summed E-state index contributed by atoms with van der Waals surface area (Å²) in [6.45, 7) is 3.28. The molecule has 0 bridgehead atoms. The predicted octanol–water partition coefficient (Wildman–Crippen LogP) is 3.74. The van der Waals surface area contributed by atoms with Crippen LogP contribution in [0.25, 0.3) is 6.08 Å². The van der Waals surface area contributed by atoms with Crippen LogP contribution in [0.2, 0.25) is 0 Å². The molecule has 3 rings (SSSR count). The maximum atomic E-state index is 12.1. The molecule has 1 aliphatic rings. The van der Waals surface area contributed by atoms with Crippen LogP contribution in [0.5, 0.6) is 11.5 Å². The first-order valence-corrected chi connectivity index (χ1v) is 8.15. The van der Waals surface area contributed by atoms with E-state index in [4.69, 9.17) is 9.47 Å². The van der Waals surface area contributed by atoms with E-state index in [1.54, 1.807) is 12.2 Å². The van der Waals surface area contributed by atoms with Crippen molar-refractivity contribution in [2.75, 3.05) is 13.2 Å². The molecule has 1 N–H and O–H groups in total. The molecule has 0 aliphatic carbocycles. The molecule has 124 valence electrons. The van der Waals surface area contributed by atoms with Crippen LogP contribution < -0.4 is 14.8 Å². The van der Waals surface area contributed by atoms with E-state index >= 15 is 0 Å². The number of ether oxygens (including phenoxy) is 2. The molecule has 0 fully saturated rings. The Kier molecular flexibility index (Phi) is 5.16. The number of rotatable bonds is 4. The molecule has 4 nitrogen and oxygen atoms in total. The van der Waals surface area contributed by atoms with Crippen molar-refractivity contribution in [2.45, 2.75) is 19.4 Å². The maximum absolute atomic E-state index is 12.1. The molecule has 0 spiro atoms. The largest absolute Gasteiger partial charge is 0.490 e.